The molecule has 1 aromatic rings. The van der Waals surface area contributed by atoms with E-state index in [2.05, 4.69) is 58.1 Å². The molecular weight excluding hydrogens is 206 g/mol. The summed E-state index contributed by atoms with van der Waals surface area (Å²) in [6, 6.07) is 6.97. The van der Waals surface area contributed by atoms with Crippen molar-refractivity contribution in [1.82, 2.24) is 5.32 Å². The average Bonchev–Trinajstić information content (AvgIpc) is 2.91. The second kappa shape index (κ2) is 4.45. The summed E-state index contributed by atoms with van der Waals surface area (Å²) in [7, 11) is 0. The molecule has 0 radical (unpaired) electrons. The second-order valence-electron chi connectivity index (χ2n) is 6.65. The first-order valence-electron chi connectivity index (χ1n) is 6.68. The van der Waals surface area contributed by atoms with E-state index in [-0.39, 0.29) is 5.54 Å². The largest absolute Gasteiger partial charge is 0.312 e. The lowest BCUT2D eigenvalue weighted by molar-refractivity contribution is 0.414. The van der Waals surface area contributed by atoms with Crippen molar-refractivity contribution in [3.8, 4) is 0 Å². The quantitative estimate of drug-likeness (QED) is 0.834. The first-order chi connectivity index (χ1) is 7.85. The molecule has 1 fully saturated rings. The fourth-order valence-corrected chi connectivity index (χ4v) is 2.54. The molecule has 1 heteroatoms. The topological polar surface area (TPSA) is 12.0 Å². The van der Waals surface area contributed by atoms with Crippen LogP contribution in [0.2, 0.25) is 0 Å². The van der Waals surface area contributed by atoms with Gasteiger partial charge in [-0.15, -0.1) is 0 Å². The van der Waals surface area contributed by atoms with E-state index >= 15 is 0 Å². The summed E-state index contributed by atoms with van der Waals surface area (Å²) in [5, 5.41) is 3.61. The van der Waals surface area contributed by atoms with Crippen molar-refractivity contribution in [3.63, 3.8) is 0 Å². The Morgan fingerprint density at radius 2 is 1.71 bits per heavy atom. The molecule has 1 N–H and O–H groups in total. The maximum Gasteiger partial charge on any atom is 0.00966 e. The van der Waals surface area contributed by atoms with Crippen molar-refractivity contribution in [3.05, 3.63) is 34.9 Å². The monoisotopic (exact) mass is 231 g/mol. The Kier molecular flexibility index (Phi) is 3.31. The predicted octanol–water partition coefficient (Wildman–Crippen LogP) is 3.80. The lowest BCUT2D eigenvalue weighted by atomic mass is 10.0. The first kappa shape index (κ1) is 12.6. The van der Waals surface area contributed by atoms with Crippen LogP contribution >= 0.6 is 0 Å². The molecule has 0 amide bonds. The Morgan fingerprint density at radius 1 is 1.12 bits per heavy atom. The average molecular weight is 231 g/mol. The fraction of sp³-hybridized carbons (Fsp3) is 0.625. The van der Waals surface area contributed by atoms with Gasteiger partial charge >= 0.3 is 0 Å². The van der Waals surface area contributed by atoms with Gasteiger partial charge in [0.25, 0.3) is 0 Å². The highest BCUT2D eigenvalue weighted by atomic mass is 15.0. The van der Waals surface area contributed by atoms with Gasteiger partial charge in [-0.25, -0.2) is 0 Å². The molecule has 1 aliphatic carbocycles. The molecule has 1 nitrogen and oxygen atoms in total. The molecule has 1 aromatic carbocycles. The van der Waals surface area contributed by atoms with Gasteiger partial charge in [-0.3, -0.25) is 0 Å². The van der Waals surface area contributed by atoms with E-state index in [1.807, 2.05) is 0 Å². The van der Waals surface area contributed by atoms with Crippen molar-refractivity contribution in [2.24, 2.45) is 5.92 Å². The van der Waals surface area contributed by atoms with E-state index in [4.69, 9.17) is 0 Å². The highest BCUT2D eigenvalue weighted by Crippen LogP contribution is 2.47. The van der Waals surface area contributed by atoms with Crippen molar-refractivity contribution >= 4 is 0 Å². The highest BCUT2D eigenvalue weighted by Gasteiger charge is 2.38. The van der Waals surface area contributed by atoms with Gasteiger partial charge in [0.15, 0.2) is 0 Å². The van der Waals surface area contributed by atoms with Gasteiger partial charge in [0.05, 0.1) is 0 Å². The van der Waals surface area contributed by atoms with Gasteiger partial charge in [-0.1, -0.05) is 29.3 Å². The molecule has 0 aliphatic heterocycles. The van der Waals surface area contributed by atoms with Gasteiger partial charge in [0.1, 0.15) is 0 Å². The highest BCUT2D eigenvalue weighted by molar-refractivity contribution is 5.34. The molecular formula is C16H25N. The van der Waals surface area contributed by atoms with Crippen molar-refractivity contribution in [1.29, 1.82) is 0 Å². The van der Waals surface area contributed by atoms with Gasteiger partial charge < -0.3 is 5.32 Å². The molecule has 0 aromatic heterocycles. The summed E-state index contributed by atoms with van der Waals surface area (Å²) in [6.07, 6.45) is 1.35. The smallest absolute Gasteiger partial charge is 0.00966 e. The van der Waals surface area contributed by atoms with Crippen LogP contribution in [0.1, 0.15) is 49.8 Å². The Morgan fingerprint density at radius 3 is 2.24 bits per heavy atom. The van der Waals surface area contributed by atoms with Crippen LogP contribution in [0.4, 0.5) is 0 Å². The van der Waals surface area contributed by atoms with Crippen molar-refractivity contribution in [2.75, 3.05) is 6.54 Å². The molecule has 2 rings (SSSR count). The molecule has 0 saturated heterocycles. The Hall–Kier alpha value is -0.820. The van der Waals surface area contributed by atoms with E-state index in [1.165, 1.54) is 17.5 Å². The number of aryl methyl sites for hydroxylation is 2. The molecule has 1 saturated carbocycles. The number of hydrogen-bond acceptors (Lipinski definition) is 1. The molecule has 17 heavy (non-hydrogen) atoms. The Labute approximate surface area is 106 Å². The Balaban J connectivity index is 1.94. The molecule has 0 spiro atoms. The zero-order valence-corrected chi connectivity index (χ0v) is 11.8. The van der Waals surface area contributed by atoms with Crippen molar-refractivity contribution in [2.45, 2.75) is 52.5 Å². The predicted molar refractivity (Wildman–Crippen MR) is 74.5 cm³/mol. The molecule has 1 aliphatic rings. The summed E-state index contributed by atoms with van der Waals surface area (Å²) in [5.74, 6) is 1.64. The van der Waals surface area contributed by atoms with Gasteiger partial charge in [0.2, 0.25) is 0 Å². The lowest BCUT2D eigenvalue weighted by Crippen LogP contribution is -2.37. The minimum Gasteiger partial charge on any atom is -0.312 e. The normalized spacial score (nSPS) is 23.8. The van der Waals surface area contributed by atoms with E-state index in [9.17, 15) is 0 Å². The van der Waals surface area contributed by atoms with Crippen LogP contribution in [-0.4, -0.2) is 12.1 Å². The van der Waals surface area contributed by atoms with Crippen LogP contribution in [0.3, 0.4) is 0 Å². The summed E-state index contributed by atoms with van der Waals surface area (Å²) < 4.78 is 0. The SMILES string of the molecule is Cc1cc(C)cc(C2CC2CNC(C)(C)C)c1. The maximum atomic E-state index is 3.61. The fourth-order valence-electron chi connectivity index (χ4n) is 2.54. The number of nitrogens with one attached hydrogen (secondary N) is 1. The third-order valence-corrected chi connectivity index (χ3v) is 3.49. The van der Waals surface area contributed by atoms with Crippen LogP contribution in [-0.2, 0) is 0 Å². The number of hydrogen-bond donors (Lipinski definition) is 1. The molecule has 94 valence electrons. The molecule has 2 atom stereocenters. The summed E-state index contributed by atoms with van der Waals surface area (Å²) in [6.45, 7) is 12.3. The zero-order valence-electron chi connectivity index (χ0n) is 11.8. The summed E-state index contributed by atoms with van der Waals surface area (Å²) in [5.41, 5.74) is 4.59. The second-order valence-corrected chi connectivity index (χ2v) is 6.65. The molecule has 2 unspecified atom stereocenters. The third kappa shape index (κ3) is 3.57. The van der Waals surface area contributed by atoms with Gasteiger partial charge in [-0.2, -0.15) is 0 Å². The van der Waals surface area contributed by atoms with Crippen LogP contribution in [0.25, 0.3) is 0 Å². The minimum atomic E-state index is 0.246. The zero-order chi connectivity index (χ0) is 12.6. The minimum absolute atomic E-state index is 0.246. The third-order valence-electron chi connectivity index (χ3n) is 3.49. The lowest BCUT2D eigenvalue weighted by Gasteiger charge is -2.20. The van der Waals surface area contributed by atoms with E-state index < -0.39 is 0 Å². The maximum absolute atomic E-state index is 3.61. The number of benzene rings is 1. The van der Waals surface area contributed by atoms with E-state index in [1.54, 1.807) is 5.56 Å². The van der Waals surface area contributed by atoms with E-state index in [0.29, 0.717) is 0 Å². The van der Waals surface area contributed by atoms with Crippen LogP contribution in [0, 0.1) is 19.8 Å². The summed E-state index contributed by atoms with van der Waals surface area (Å²) in [4.78, 5) is 0. The standard InChI is InChI=1S/C16H25N/c1-11-6-12(2)8-13(7-11)15-9-14(15)10-17-16(3,4)5/h6-8,14-15,17H,9-10H2,1-5H3. The van der Waals surface area contributed by atoms with E-state index in [0.717, 1.165) is 18.4 Å². The molecule has 0 bridgehead atoms. The van der Waals surface area contributed by atoms with Gasteiger partial charge in [-0.05, 0) is 65.0 Å². The summed E-state index contributed by atoms with van der Waals surface area (Å²) >= 11 is 0. The van der Waals surface area contributed by atoms with Crippen LogP contribution in [0.5, 0.6) is 0 Å². The molecule has 0 heterocycles. The Bertz CT molecular complexity index is 380. The van der Waals surface area contributed by atoms with Crippen LogP contribution < -0.4 is 5.32 Å². The van der Waals surface area contributed by atoms with Crippen molar-refractivity contribution < 1.29 is 0 Å². The first-order valence-corrected chi connectivity index (χ1v) is 6.68. The van der Waals surface area contributed by atoms with Gasteiger partial charge in [0, 0.05) is 5.54 Å². The van der Waals surface area contributed by atoms with Crippen LogP contribution in [0.15, 0.2) is 18.2 Å². The number of rotatable bonds is 3.